The number of nitrogens with one attached hydrogen (secondary N) is 1. The number of hydrogen-bond acceptors (Lipinski definition) is 5. The monoisotopic (exact) mass is 292 g/mol. The Kier molecular flexibility index (Phi) is 6.04. The van der Waals surface area contributed by atoms with Crippen LogP contribution in [-0.4, -0.2) is 50.2 Å². The number of hydrogen-bond donors (Lipinski definition) is 4. The Morgan fingerprint density at radius 2 is 1.78 bits per heavy atom. The molecule has 0 radical (unpaired) electrons. The van der Waals surface area contributed by atoms with Crippen LogP contribution >= 0.6 is 0 Å². The molecule has 108 valence electrons. The van der Waals surface area contributed by atoms with Gasteiger partial charge in [0, 0.05) is 21.2 Å². The highest BCUT2D eigenvalue weighted by atomic mass is 32.2. The van der Waals surface area contributed by atoms with E-state index in [1.54, 1.807) is 0 Å². The predicted octanol–water partition coefficient (Wildman–Crippen LogP) is 0.148. The number of alkyl halides is 3. The van der Waals surface area contributed by atoms with Crippen molar-refractivity contribution in [3.05, 3.63) is 0 Å². The lowest BCUT2D eigenvalue weighted by Gasteiger charge is -2.15. The molecule has 0 amide bonds. The summed E-state index contributed by atoms with van der Waals surface area (Å²) in [5.41, 5.74) is 5.11. The minimum absolute atomic E-state index is 0.264. The molecule has 0 aliphatic rings. The quantitative estimate of drug-likeness (QED) is 0.531. The topological polar surface area (TPSA) is 124 Å². The van der Waals surface area contributed by atoms with Crippen LogP contribution in [0.3, 0.4) is 0 Å². The van der Waals surface area contributed by atoms with Gasteiger partial charge in [0.25, 0.3) is 0 Å². The number of carboxylic acids is 1. The van der Waals surface area contributed by atoms with Gasteiger partial charge < -0.3 is 15.9 Å². The summed E-state index contributed by atoms with van der Waals surface area (Å²) < 4.78 is 54.6. The minimum atomic E-state index is -4.81. The third kappa shape index (κ3) is 6.77. The summed E-state index contributed by atoms with van der Waals surface area (Å²) in [4.78, 5) is 10.3. The Morgan fingerprint density at radius 1 is 1.33 bits per heavy atom. The SMILES string of the molecule is N=[S@@](=O)(CCC(N)C(=O)O)CC[C@H](O)C(F)(F)F. The number of halogens is 3. The highest BCUT2D eigenvalue weighted by Gasteiger charge is 2.38. The normalized spacial score (nSPS) is 18.9. The van der Waals surface area contributed by atoms with Gasteiger partial charge in [-0.25, -0.2) is 4.21 Å². The minimum Gasteiger partial charge on any atom is -0.480 e. The van der Waals surface area contributed by atoms with Gasteiger partial charge in [-0.2, -0.15) is 13.2 Å². The first-order valence-electron chi connectivity index (χ1n) is 4.93. The third-order valence-corrected chi connectivity index (χ3v) is 3.96. The second kappa shape index (κ2) is 6.34. The standard InChI is InChI=1S/C8H15F3N2O4S/c9-8(10,11)6(14)2-4-18(13,17)3-1-5(12)7(15)16/h5-6,13-14H,1-4,12H2,(H,15,16)/t5?,6-,18+/m0/s1. The molecule has 5 N–H and O–H groups in total. The van der Waals surface area contributed by atoms with E-state index >= 15 is 0 Å². The second-order valence-electron chi connectivity index (χ2n) is 3.80. The molecule has 0 aromatic heterocycles. The van der Waals surface area contributed by atoms with Gasteiger partial charge in [-0.15, -0.1) is 0 Å². The molecular weight excluding hydrogens is 277 g/mol. The number of aliphatic hydroxyl groups excluding tert-OH is 1. The van der Waals surface area contributed by atoms with Crippen molar-refractivity contribution in [1.29, 1.82) is 4.78 Å². The average Bonchev–Trinajstić information content (AvgIpc) is 2.21. The average molecular weight is 292 g/mol. The van der Waals surface area contributed by atoms with Crippen LogP contribution < -0.4 is 5.73 Å². The van der Waals surface area contributed by atoms with Crippen molar-refractivity contribution in [3.8, 4) is 0 Å². The van der Waals surface area contributed by atoms with Gasteiger partial charge in [0.2, 0.25) is 0 Å². The van der Waals surface area contributed by atoms with Crippen LogP contribution in [0.25, 0.3) is 0 Å². The smallest absolute Gasteiger partial charge is 0.414 e. The number of aliphatic carboxylic acids is 1. The molecule has 0 saturated heterocycles. The fraction of sp³-hybridized carbons (Fsp3) is 0.875. The summed E-state index contributed by atoms with van der Waals surface area (Å²) in [5, 5.41) is 17.1. The van der Waals surface area contributed by atoms with E-state index in [4.69, 9.17) is 20.7 Å². The summed E-state index contributed by atoms with van der Waals surface area (Å²) in [6, 6.07) is -1.30. The van der Waals surface area contributed by atoms with Gasteiger partial charge in [-0.1, -0.05) is 0 Å². The van der Waals surface area contributed by atoms with E-state index in [1.165, 1.54) is 0 Å². The molecule has 0 bridgehead atoms. The predicted molar refractivity (Wildman–Crippen MR) is 57.5 cm³/mol. The molecule has 0 aromatic rings. The highest BCUT2D eigenvalue weighted by Crippen LogP contribution is 2.22. The van der Waals surface area contributed by atoms with Gasteiger partial charge in [-0.3, -0.25) is 9.57 Å². The van der Waals surface area contributed by atoms with Crippen molar-refractivity contribution in [2.45, 2.75) is 31.2 Å². The van der Waals surface area contributed by atoms with E-state index in [0.29, 0.717) is 0 Å². The van der Waals surface area contributed by atoms with Crippen LogP contribution in [0, 0.1) is 4.78 Å². The van der Waals surface area contributed by atoms with Crippen LogP contribution in [0.2, 0.25) is 0 Å². The Balaban J connectivity index is 4.22. The zero-order valence-corrected chi connectivity index (χ0v) is 10.1. The van der Waals surface area contributed by atoms with Crippen LogP contribution in [0.4, 0.5) is 13.2 Å². The van der Waals surface area contributed by atoms with Gasteiger partial charge in [0.1, 0.15) is 6.04 Å². The maximum Gasteiger partial charge on any atom is 0.414 e. The molecule has 0 spiro atoms. The van der Waals surface area contributed by atoms with Gasteiger partial charge in [0.05, 0.1) is 0 Å². The second-order valence-corrected chi connectivity index (χ2v) is 6.24. The summed E-state index contributed by atoms with van der Waals surface area (Å²) >= 11 is 0. The van der Waals surface area contributed by atoms with E-state index in [0.717, 1.165) is 0 Å². The van der Waals surface area contributed by atoms with E-state index in [-0.39, 0.29) is 6.42 Å². The van der Waals surface area contributed by atoms with Gasteiger partial charge >= 0.3 is 12.1 Å². The van der Waals surface area contributed by atoms with Crippen LogP contribution in [0.1, 0.15) is 12.8 Å². The number of aliphatic hydroxyl groups is 1. The molecule has 0 aliphatic carbocycles. The van der Waals surface area contributed by atoms with E-state index in [1.807, 2.05) is 0 Å². The first kappa shape index (κ1) is 17.1. The van der Waals surface area contributed by atoms with Crippen molar-refractivity contribution >= 4 is 15.7 Å². The van der Waals surface area contributed by atoms with Crippen LogP contribution in [0.5, 0.6) is 0 Å². The zero-order chi connectivity index (χ0) is 14.6. The Hall–Kier alpha value is -0.870. The van der Waals surface area contributed by atoms with Gasteiger partial charge in [0.15, 0.2) is 6.10 Å². The molecule has 6 nitrogen and oxygen atoms in total. The number of nitrogens with two attached hydrogens (primary N) is 1. The van der Waals surface area contributed by atoms with E-state index in [2.05, 4.69) is 0 Å². The lowest BCUT2D eigenvalue weighted by molar-refractivity contribution is -0.203. The van der Waals surface area contributed by atoms with Crippen molar-refractivity contribution < 1.29 is 32.4 Å². The number of rotatable bonds is 7. The molecule has 10 heteroatoms. The van der Waals surface area contributed by atoms with Crippen molar-refractivity contribution in [2.75, 3.05) is 11.5 Å². The molecular formula is C8H15F3N2O4S. The third-order valence-electron chi connectivity index (χ3n) is 2.17. The lowest BCUT2D eigenvalue weighted by Crippen LogP contribution is -2.33. The highest BCUT2D eigenvalue weighted by molar-refractivity contribution is 7.92. The van der Waals surface area contributed by atoms with Gasteiger partial charge in [-0.05, 0) is 12.8 Å². The molecule has 0 aromatic carbocycles. The summed E-state index contributed by atoms with van der Waals surface area (Å²) in [7, 11) is -3.37. The van der Waals surface area contributed by atoms with Crippen molar-refractivity contribution in [1.82, 2.24) is 0 Å². The van der Waals surface area contributed by atoms with Crippen LogP contribution in [0.15, 0.2) is 0 Å². The van der Waals surface area contributed by atoms with E-state index < -0.39 is 51.9 Å². The lowest BCUT2D eigenvalue weighted by atomic mass is 10.2. The fourth-order valence-corrected chi connectivity index (χ4v) is 2.45. The summed E-state index contributed by atoms with van der Waals surface area (Å²) in [5.74, 6) is -2.40. The Morgan fingerprint density at radius 3 is 2.17 bits per heavy atom. The van der Waals surface area contributed by atoms with Crippen molar-refractivity contribution in [3.63, 3.8) is 0 Å². The maximum atomic E-state index is 11.9. The van der Waals surface area contributed by atoms with Crippen molar-refractivity contribution in [2.24, 2.45) is 5.73 Å². The molecule has 0 fully saturated rings. The fourth-order valence-electron chi connectivity index (χ4n) is 1.01. The molecule has 0 aliphatic heterocycles. The molecule has 3 atom stereocenters. The largest absolute Gasteiger partial charge is 0.480 e. The maximum absolute atomic E-state index is 11.9. The number of carbonyl (C=O) groups is 1. The summed E-state index contributed by atoms with van der Waals surface area (Å²) in [6.07, 6.45) is -8.56. The molecule has 1 unspecified atom stereocenters. The first-order valence-corrected chi connectivity index (χ1v) is 6.82. The molecule has 18 heavy (non-hydrogen) atoms. The Bertz CT molecular complexity index is 382. The van der Waals surface area contributed by atoms with E-state index in [9.17, 15) is 22.2 Å². The Labute approximate surface area is 102 Å². The molecule has 0 heterocycles. The zero-order valence-electron chi connectivity index (χ0n) is 9.31. The first-order chi connectivity index (χ1) is 7.96. The summed E-state index contributed by atoms with van der Waals surface area (Å²) in [6.45, 7) is 0. The number of carboxylic acid groups (broad SMARTS) is 1. The molecule has 0 saturated carbocycles. The van der Waals surface area contributed by atoms with Crippen LogP contribution in [-0.2, 0) is 14.5 Å². The molecule has 0 rings (SSSR count).